The minimum Gasteiger partial charge on any atom is -0.444 e. The molecule has 0 radical (unpaired) electrons. The Morgan fingerprint density at radius 3 is 2.31 bits per heavy atom. The predicted octanol–water partition coefficient (Wildman–Crippen LogP) is 3.39. The van der Waals surface area contributed by atoms with Gasteiger partial charge in [0, 0.05) is 40.3 Å². The molecule has 29 heavy (non-hydrogen) atoms. The van der Waals surface area contributed by atoms with Gasteiger partial charge in [-0.2, -0.15) is 0 Å². The van der Waals surface area contributed by atoms with E-state index in [0.717, 1.165) is 23.7 Å². The largest absolute Gasteiger partial charge is 0.444 e. The van der Waals surface area contributed by atoms with Crippen LogP contribution in [0.2, 0.25) is 0 Å². The molecule has 0 saturated carbocycles. The van der Waals surface area contributed by atoms with Crippen LogP contribution >= 0.6 is 0 Å². The highest BCUT2D eigenvalue weighted by Gasteiger charge is 2.19. The summed E-state index contributed by atoms with van der Waals surface area (Å²) < 4.78 is 10.9. The van der Waals surface area contributed by atoms with Gasteiger partial charge in [-0.05, 0) is 37.8 Å². The van der Waals surface area contributed by atoms with E-state index in [1.807, 2.05) is 45.0 Å². The lowest BCUT2D eigenvalue weighted by Gasteiger charge is -2.24. The summed E-state index contributed by atoms with van der Waals surface area (Å²) in [6.07, 6.45) is -0.324. The number of amides is 1. The molecular formula is C22H38N4O3. The molecule has 7 nitrogen and oxygen atoms in total. The highest BCUT2D eigenvalue weighted by atomic mass is 16.6. The summed E-state index contributed by atoms with van der Waals surface area (Å²) in [5.41, 5.74) is 1.69. The number of hydrogen-bond donors (Lipinski definition) is 2. The highest BCUT2D eigenvalue weighted by Crippen LogP contribution is 2.12. The zero-order valence-corrected chi connectivity index (χ0v) is 19.0. The predicted molar refractivity (Wildman–Crippen MR) is 118 cm³/mol. The monoisotopic (exact) mass is 406 g/mol. The number of aliphatic imine (C=N–C) groups is 1. The lowest BCUT2D eigenvalue weighted by Crippen LogP contribution is -2.38. The minimum atomic E-state index is -0.492. The summed E-state index contributed by atoms with van der Waals surface area (Å²) in [7, 11) is 3.49. The van der Waals surface area contributed by atoms with Crippen LogP contribution in [-0.2, 0) is 22.6 Å². The number of carbonyl (C=O) groups is 1. The SMILES string of the molecule is CN=C(NCCOCC(C)C)NCc1ccc(CN(C)C(=O)OC(C)(C)C)cc1. The minimum absolute atomic E-state index is 0.324. The molecule has 7 heteroatoms. The average molecular weight is 407 g/mol. The Labute approximate surface area is 175 Å². The Hall–Kier alpha value is -2.28. The van der Waals surface area contributed by atoms with Crippen molar-refractivity contribution < 1.29 is 14.3 Å². The molecule has 0 aliphatic heterocycles. The van der Waals surface area contributed by atoms with Gasteiger partial charge >= 0.3 is 6.09 Å². The van der Waals surface area contributed by atoms with Gasteiger partial charge in [0.2, 0.25) is 0 Å². The number of rotatable bonds is 9. The molecule has 0 atom stereocenters. The summed E-state index contributed by atoms with van der Waals surface area (Å²) >= 11 is 0. The third-order valence-electron chi connectivity index (χ3n) is 3.82. The first-order chi connectivity index (χ1) is 13.6. The van der Waals surface area contributed by atoms with Gasteiger partial charge in [0.05, 0.1) is 6.61 Å². The van der Waals surface area contributed by atoms with E-state index in [-0.39, 0.29) is 6.09 Å². The quantitative estimate of drug-likeness (QED) is 0.373. The van der Waals surface area contributed by atoms with Crippen LogP contribution in [0.4, 0.5) is 4.79 Å². The van der Waals surface area contributed by atoms with Crippen LogP contribution in [-0.4, -0.2) is 56.4 Å². The molecule has 0 bridgehead atoms. The van der Waals surface area contributed by atoms with Crippen LogP contribution in [0.5, 0.6) is 0 Å². The van der Waals surface area contributed by atoms with E-state index in [4.69, 9.17) is 9.47 Å². The number of guanidine groups is 1. The highest BCUT2D eigenvalue weighted by molar-refractivity contribution is 5.79. The van der Waals surface area contributed by atoms with E-state index in [9.17, 15) is 4.79 Å². The van der Waals surface area contributed by atoms with E-state index in [1.165, 1.54) is 0 Å². The molecule has 0 fully saturated rings. The first-order valence-corrected chi connectivity index (χ1v) is 10.1. The Bertz CT molecular complexity index is 636. The fourth-order valence-electron chi connectivity index (χ4n) is 2.41. The van der Waals surface area contributed by atoms with Crippen LogP contribution in [0, 0.1) is 5.92 Å². The molecule has 0 unspecified atom stereocenters. The van der Waals surface area contributed by atoms with Crippen molar-refractivity contribution >= 4 is 12.1 Å². The smallest absolute Gasteiger partial charge is 0.410 e. The molecule has 2 N–H and O–H groups in total. The molecule has 1 aromatic carbocycles. The number of benzene rings is 1. The maximum Gasteiger partial charge on any atom is 0.410 e. The van der Waals surface area contributed by atoms with E-state index < -0.39 is 5.60 Å². The van der Waals surface area contributed by atoms with E-state index in [2.05, 4.69) is 29.5 Å². The van der Waals surface area contributed by atoms with Crippen molar-refractivity contribution in [2.75, 3.05) is 33.9 Å². The van der Waals surface area contributed by atoms with Crippen LogP contribution in [0.3, 0.4) is 0 Å². The zero-order valence-electron chi connectivity index (χ0n) is 19.0. The standard InChI is InChI=1S/C22H38N4O3/c1-17(2)16-28-13-12-24-20(23-6)25-14-18-8-10-19(11-9-18)15-26(7)21(27)29-22(3,4)5/h8-11,17H,12-16H2,1-7H3,(H2,23,24,25). The van der Waals surface area contributed by atoms with Crippen LogP contribution < -0.4 is 10.6 Å². The number of ether oxygens (including phenoxy) is 2. The van der Waals surface area contributed by atoms with Gasteiger partial charge in [0.1, 0.15) is 5.60 Å². The van der Waals surface area contributed by atoms with Crippen molar-refractivity contribution in [1.82, 2.24) is 15.5 Å². The molecule has 1 aromatic rings. The summed E-state index contributed by atoms with van der Waals surface area (Å²) in [5.74, 6) is 1.28. The number of nitrogens with one attached hydrogen (secondary N) is 2. The first-order valence-electron chi connectivity index (χ1n) is 10.1. The van der Waals surface area contributed by atoms with Crippen molar-refractivity contribution in [2.24, 2.45) is 10.9 Å². The molecule has 0 aliphatic rings. The normalized spacial score (nSPS) is 12.1. The summed E-state index contributed by atoms with van der Waals surface area (Å²) in [6, 6.07) is 8.14. The van der Waals surface area contributed by atoms with Gasteiger partial charge in [0.25, 0.3) is 0 Å². The van der Waals surface area contributed by atoms with Crippen molar-refractivity contribution in [3.63, 3.8) is 0 Å². The second-order valence-corrected chi connectivity index (χ2v) is 8.47. The van der Waals surface area contributed by atoms with Crippen LogP contribution in [0.1, 0.15) is 45.7 Å². The number of nitrogens with zero attached hydrogens (tertiary/aromatic N) is 2. The molecule has 1 amide bonds. The maximum atomic E-state index is 12.1. The van der Waals surface area contributed by atoms with Gasteiger partial charge in [0.15, 0.2) is 5.96 Å². The van der Waals surface area contributed by atoms with Gasteiger partial charge in [-0.1, -0.05) is 38.1 Å². The Morgan fingerprint density at radius 1 is 1.14 bits per heavy atom. The number of carbonyl (C=O) groups excluding carboxylic acids is 1. The molecule has 0 saturated heterocycles. The first kappa shape index (κ1) is 24.8. The molecule has 0 aliphatic carbocycles. The Balaban J connectivity index is 2.40. The maximum absolute atomic E-state index is 12.1. The van der Waals surface area contributed by atoms with Crippen molar-refractivity contribution in [3.05, 3.63) is 35.4 Å². The Morgan fingerprint density at radius 2 is 1.76 bits per heavy atom. The average Bonchev–Trinajstić information content (AvgIpc) is 2.63. The van der Waals surface area contributed by atoms with E-state index in [0.29, 0.717) is 32.2 Å². The topological polar surface area (TPSA) is 75.2 Å². The third-order valence-corrected chi connectivity index (χ3v) is 3.82. The van der Waals surface area contributed by atoms with Crippen LogP contribution in [0.25, 0.3) is 0 Å². The van der Waals surface area contributed by atoms with Gasteiger partial charge in [-0.3, -0.25) is 4.99 Å². The lowest BCUT2D eigenvalue weighted by molar-refractivity contribution is 0.0285. The summed E-state index contributed by atoms with van der Waals surface area (Å²) in [4.78, 5) is 17.9. The van der Waals surface area contributed by atoms with Gasteiger partial charge < -0.3 is 25.0 Å². The second kappa shape index (κ2) is 12.3. The molecule has 0 aromatic heterocycles. The van der Waals surface area contributed by atoms with E-state index >= 15 is 0 Å². The Kier molecular flexibility index (Phi) is 10.5. The fourth-order valence-corrected chi connectivity index (χ4v) is 2.41. The van der Waals surface area contributed by atoms with E-state index in [1.54, 1.807) is 19.0 Å². The molecular weight excluding hydrogens is 368 g/mol. The number of hydrogen-bond acceptors (Lipinski definition) is 4. The molecule has 164 valence electrons. The third kappa shape index (κ3) is 11.3. The van der Waals surface area contributed by atoms with Crippen molar-refractivity contribution in [2.45, 2.75) is 53.3 Å². The molecule has 0 heterocycles. The van der Waals surface area contributed by atoms with Gasteiger partial charge in [-0.25, -0.2) is 4.79 Å². The summed E-state index contributed by atoms with van der Waals surface area (Å²) in [6.45, 7) is 13.1. The molecule has 1 rings (SSSR count). The van der Waals surface area contributed by atoms with Crippen molar-refractivity contribution in [3.8, 4) is 0 Å². The van der Waals surface area contributed by atoms with Crippen molar-refractivity contribution in [1.29, 1.82) is 0 Å². The summed E-state index contributed by atoms with van der Waals surface area (Å²) in [5, 5.41) is 6.53. The second-order valence-electron chi connectivity index (χ2n) is 8.47. The fraction of sp³-hybridized carbons (Fsp3) is 0.636. The van der Waals surface area contributed by atoms with Gasteiger partial charge in [-0.15, -0.1) is 0 Å². The molecule has 0 spiro atoms. The van der Waals surface area contributed by atoms with Crippen LogP contribution in [0.15, 0.2) is 29.3 Å². The zero-order chi connectivity index (χ0) is 21.9. The lowest BCUT2D eigenvalue weighted by atomic mass is 10.1.